The highest BCUT2D eigenvalue weighted by molar-refractivity contribution is 5.70. The number of benzene rings is 2. The van der Waals surface area contributed by atoms with Gasteiger partial charge in [0.25, 0.3) is 0 Å². The normalized spacial score (nSPS) is 26.6. The van der Waals surface area contributed by atoms with Crippen LogP contribution in [-0.2, 0) is 27.8 Å². The maximum absolute atomic E-state index is 11.4. The summed E-state index contributed by atoms with van der Waals surface area (Å²) in [5.74, 6) is 6.69. The van der Waals surface area contributed by atoms with Crippen LogP contribution in [0.4, 0.5) is 0 Å². The largest absolute Gasteiger partial charge is 0.482 e. The Hall–Kier alpha value is -2.77. The van der Waals surface area contributed by atoms with Crippen LogP contribution in [0.15, 0.2) is 48.5 Å². The third-order valence-corrected chi connectivity index (χ3v) is 7.03. The van der Waals surface area contributed by atoms with Crippen LogP contribution in [0.25, 0.3) is 0 Å². The van der Waals surface area contributed by atoms with Crippen molar-refractivity contribution in [2.24, 2.45) is 5.92 Å². The van der Waals surface area contributed by atoms with Crippen LogP contribution in [0.3, 0.4) is 0 Å². The summed E-state index contributed by atoms with van der Waals surface area (Å²) in [6.45, 7) is 1.71. The first kappa shape index (κ1) is 21.5. The van der Waals surface area contributed by atoms with E-state index in [1.165, 1.54) is 23.8 Å². The Labute approximate surface area is 184 Å². The van der Waals surface area contributed by atoms with E-state index in [1.54, 1.807) is 6.92 Å². The SMILES string of the molecule is CC#C[C@@]1(O)CC[C@@]2(Cc3ccccc3)c3ccc(OCC(=O)OC)cc3CC[C@@H]2C1. The number of ether oxygens (including phenoxy) is 2. The van der Waals surface area contributed by atoms with Gasteiger partial charge in [0, 0.05) is 5.41 Å². The molecule has 3 atom stereocenters. The van der Waals surface area contributed by atoms with Crippen molar-refractivity contribution in [3.63, 3.8) is 0 Å². The maximum Gasteiger partial charge on any atom is 0.343 e. The van der Waals surface area contributed by atoms with E-state index in [1.807, 2.05) is 6.07 Å². The molecule has 2 aliphatic rings. The topological polar surface area (TPSA) is 55.8 Å². The number of aliphatic hydroxyl groups is 1. The molecular formula is C27H30O4. The Kier molecular flexibility index (Phi) is 6.07. The summed E-state index contributed by atoms with van der Waals surface area (Å²) in [6.07, 6.45) is 5.17. The van der Waals surface area contributed by atoms with Crippen molar-refractivity contribution in [3.05, 3.63) is 65.2 Å². The van der Waals surface area contributed by atoms with Crippen molar-refractivity contribution in [2.45, 2.75) is 56.5 Å². The lowest BCUT2D eigenvalue weighted by atomic mass is 9.52. The second-order valence-electron chi connectivity index (χ2n) is 8.85. The number of hydrogen-bond acceptors (Lipinski definition) is 4. The Morgan fingerprint density at radius 1 is 1.19 bits per heavy atom. The second-order valence-corrected chi connectivity index (χ2v) is 8.85. The molecular weight excluding hydrogens is 388 g/mol. The minimum atomic E-state index is -0.888. The average molecular weight is 419 g/mol. The molecule has 0 bridgehead atoms. The fraction of sp³-hybridized carbons (Fsp3) is 0.444. The monoisotopic (exact) mass is 418 g/mol. The molecule has 2 aromatic carbocycles. The van der Waals surface area contributed by atoms with Gasteiger partial charge in [-0.1, -0.05) is 42.3 Å². The standard InChI is InChI=1S/C27H30O4/c1-3-13-26(29)14-15-27(17-20-7-5-4-6-8-20)22(18-26)10-9-21-16-23(11-12-24(21)27)31-19-25(28)30-2/h4-8,11-12,16,22,29H,9-10,14-15,17-19H2,1-2H3/t22-,26-,27+/m1/s1. The minimum Gasteiger partial charge on any atom is -0.482 e. The lowest BCUT2D eigenvalue weighted by Gasteiger charge is -2.52. The zero-order valence-corrected chi connectivity index (χ0v) is 18.3. The van der Waals surface area contributed by atoms with Gasteiger partial charge >= 0.3 is 5.97 Å². The van der Waals surface area contributed by atoms with Crippen LogP contribution < -0.4 is 4.74 Å². The Balaban J connectivity index is 1.70. The molecule has 1 fully saturated rings. The summed E-state index contributed by atoms with van der Waals surface area (Å²) in [5.41, 5.74) is 3.03. The maximum atomic E-state index is 11.4. The molecule has 1 N–H and O–H groups in total. The van der Waals surface area contributed by atoms with E-state index < -0.39 is 5.60 Å². The molecule has 0 heterocycles. The van der Waals surface area contributed by atoms with Crippen LogP contribution >= 0.6 is 0 Å². The first-order valence-electron chi connectivity index (χ1n) is 11.0. The van der Waals surface area contributed by atoms with Crippen molar-refractivity contribution in [1.29, 1.82) is 0 Å². The fourth-order valence-electron chi connectivity index (χ4n) is 5.59. The van der Waals surface area contributed by atoms with Gasteiger partial charge in [-0.15, -0.1) is 5.92 Å². The highest BCUT2D eigenvalue weighted by Crippen LogP contribution is 2.54. The first-order chi connectivity index (χ1) is 15.0. The third kappa shape index (κ3) is 4.34. The molecule has 4 heteroatoms. The highest BCUT2D eigenvalue weighted by atomic mass is 16.6. The van der Waals surface area contributed by atoms with E-state index in [-0.39, 0.29) is 18.0 Å². The molecule has 0 aliphatic heterocycles. The van der Waals surface area contributed by atoms with E-state index in [9.17, 15) is 9.90 Å². The summed E-state index contributed by atoms with van der Waals surface area (Å²) < 4.78 is 10.3. The predicted molar refractivity (Wildman–Crippen MR) is 120 cm³/mol. The molecule has 1 saturated carbocycles. The van der Waals surface area contributed by atoms with Gasteiger partial charge in [-0.2, -0.15) is 0 Å². The Bertz CT molecular complexity index is 1000. The molecule has 4 rings (SSSR count). The molecule has 0 aromatic heterocycles. The van der Waals surface area contributed by atoms with E-state index in [0.717, 1.165) is 25.7 Å². The zero-order chi connectivity index (χ0) is 21.9. The number of esters is 1. The van der Waals surface area contributed by atoms with Crippen molar-refractivity contribution in [3.8, 4) is 17.6 Å². The van der Waals surface area contributed by atoms with Gasteiger partial charge < -0.3 is 14.6 Å². The van der Waals surface area contributed by atoms with Crippen LogP contribution in [0.2, 0.25) is 0 Å². The van der Waals surface area contributed by atoms with E-state index in [4.69, 9.17) is 4.74 Å². The van der Waals surface area contributed by atoms with Gasteiger partial charge in [0.15, 0.2) is 6.61 Å². The zero-order valence-electron chi connectivity index (χ0n) is 18.3. The summed E-state index contributed by atoms with van der Waals surface area (Å²) >= 11 is 0. The van der Waals surface area contributed by atoms with E-state index in [2.05, 4.69) is 59.0 Å². The average Bonchev–Trinajstić information content (AvgIpc) is 2.78. The molecule has 4 nitrogen and oxygen atoms in total. The van der Waals surface area contributed by atoms with Gasteiger partial charge in [0.2, 0.25) is 0 Å². The van der Waals surface area contributed by atoms with Crippen molar-refractivity contribution < 1.29 is 19.4 Å². The summed E-state index contributed by atoms with van der Waals surface area (Å²) in [4.78, 5) is 11.4. The van der Waals surface area contributed by atoms with Crippen LogP contribution in [0, 0.1) is 17.8 Å². The summed E-state index contributed by atoms with van der Waals surface area (Å²) in [5, 5.41) is 11.1. The van der Waals surface area contributed by atoms with Crippen LogP contribution in [-0.4, -0.2) is 30.4 Å². The Morgan fingerprint density at radius 3 is 2.74 bits per heavy atom. The molecule has 2 aromatic rings. The predicted octanol–water partition coefficient (Wildman–Crippen LogP) is 4.22. The lowest BCUT2D eigenvalue weighted by molar-refractivity contribution is -0.142. The molecule has 0 saturated heterocycles. The molecule has 162 valence electrons. The molecule has 31 heavy (non-hydrogen) atoms. The van der Waals surface area contributed by atoms with Gasteiger partial charge in [-0.3, -0.25) is 0 Å². The van der Waals surface area contributed by atoms with Gasteiger partial charge in [0.1, 0.15) is 11.4 Å². The number of aryl methyl sites for hydroxylation is 1. The Morgan fingerprint density at radius 2 is 2.00 bits per heavy atom. The van der Waals surface area contributed by atoms with Crippen LogP contribution in [0.5, 0.6) is 5.75 Å². The van der Waals surface area contributed by atoms with E-state index >= 15 is 0 Å². The molecule has 0 unspecified atom stereocenters. The molecule has 2 aliphatic carbocycles. The summed E-state index contributed by atoms with van der Waals surface area (Å²) in [7, 11) is 1.36. The number of fused-ring (bicyclic) bond motifs is 3. The number of hydrogen-bond donors (Lipinski definition) is 1. The van der Waals surface area contributed by atoms with Crippen molar-refractivity contribution in [1.82, 2.24) is 0 Å². The first-order valence-corrected chi connectivity index (χ1v) is 11.0. The molecule has 0 radical (unpaired) electrons. The smallest absolute Gasteiger partial charge is 0.343 e. The third-order valence-electron chi connectivity index (χ3n) is 7.03. The number of carbonyl (C=O) groups is 1. The number of methoxy groups -OCH3 is 1. The van der Waals surface area contributed by atoms with Crippen LogP contribution in [0.1, 0.15) is 49.3 Å². The fourth-order valence-corrected chi connectivity index (χ4v) is 5.59. The van der Waals surface area contributed by atoms with Gasteiger partial charge in [-0.05, 0) is 80.2 Å². The molecule has 0 amide bonds. The lowest BCUT2D eigenvalue weighted by Crippen LogP contribution is -2.50. The van der Waals surface area contributed by atoms with Crippen molar-refractivity contribution in [2.75, 3.05) is 13.7 Å². The van der Waals surface area contributed by atoms with Crippen molar-refractivity contribution >= 4 is 5.97 Å². The molecule has 0 spiro atoms. The highest BCUT2D eigenvalue weighted by Gasteiger charge is 2.51. The quantitative estimate of drug-likeness (QED) is 0.584. The minimum absolute atomic E-state index is 0.0303. The number of rotatable bonds is 5. The summed E-state index contributed by atoms with van der Waals surface area (Å²) in [6, 6.07) is 16.8. The van der Waals surface area contributed by atoms with Gasteiger partial charge in [-0.25, -0.2) is 4.79 Å². The van der Waals surface area contributed by atoms with E-state index in [0.29, 0.717) is 24.5 Å². The van der Waals surface area contributed by atoms with Gasteiger partial charge in [0.05, 0.1) is 7.11 Å². The number of carbonyl (C=O) groups excluding carboxylic acids is 1. The second kappa shape index (κ2) is 8.77.